The zero-order chi connectivity index (χ0) is 20.2. The van der Waals surface area contributed by atoms with Crippen LogP contribution in [0.25, 0.3) is 11.5 Å². The minimum atomic E-state index is 0.0299. The lowest BCUT2D eigenvalue weighted by atomic mass is 10.1. The first-order valence-electron chi connectivity index (χ1n) is 9.32. The van der Waals surface area contributed by atoms with Gasteiger partial charge in [0.25, 0.3) is 0 Å². The average Bonchev–Trinajstić information content (AvgIpc) is 3.35. The van der Waals surface area contributed by atoms with Crippen LogP contribution in [0.5, 0.6) is 11.5 Å². The van der Waals surface area contributed by atoms with Crippen LogP contribution in [0, 0.1) is 5.92 Å². The van der Waals surface area contributed by atoms with Gasteiger partial charge in [-0.1, -0.05) is 13.8 Å². The van der Waals surface area contributed by atoms with Gasteiger partial charge in [0.05, 0.1) is 5.75 Å². The molecule has 0 atom stereocenters. The summed E-state index contributed by atoms with van der Waals surface area (Å²) >= 11 is 1.59. The maximum atomic E-state index is 11.8. The molecule has 0 bridgehead atoms. The van der Waals surface area contributed by atoms with Gasteiger partial charge in [0.1, 0.15) is 0 Å². The Morgan fingerprint density at radius 3 is 2.69 bits per heavy atom. The molecule has 1 aromatic heterocycles. The van der Waals surface area contributed by atoms with Crippen molar-refractivity contribution in [2.24, 2.45) is 5.92 Å². The van der Waals surface area contributed by atoms with Crippen molar-refractivity contribution < 1.29 is 18.7 Å². The van der Waals surface area contributed by atoms with E-state index in [9.17, 15) is 4.79 Å². The van der Waals surface area contributed by atoms with Gasteiger partial charge in [0, 0.05) is 22.6 Å². The molecular weight excluding hydrogens is 390 g/mol. The number of carbonyl (C=O) groups is 1. The zero-order valence-corrected chi connectivity index (χ0v) is 17.0. The van der Waals surface area contributed by atoms with Crippen LogP contribution in [0.15, 0.2) is 51.8 Å². The minimum Gasteiger partial charge on any atom is -0.454 e. The Morgan fingerprint density at radius 1 is 1.10 bits per heavy atom. The number of nitrogens with zero attached hydrogens (tertiary/aromatic N) is 2. The van der Waals surface area contributed by atoms with Gasteiger partial charge in [-0.25, -0.2) is 0 Å². The van der Waals surface area contributed by atoms with Crippen molar-refractivity contribution in [1.82, 2.24) is 10.2 Å². The number of hydrogen-bond acceptors (Lipinski definition) is 7. The fourth-order valence-corrected chi connectivity index (χ4v) is 3.56. The number of fused-ring (bicyclic) bond motifs is 1. The third-order valence-corrected chi connectivity index (χ3v) is 5.18. The van der Waals surface area contributed by atoms with Crippen molar-refractivity contribution in [3.05, 3.63) is 48.4 Å². The molecule has 0 fully saturated rings. The van der Waals surface area contributed by atoms with Gasteiger partial charge in [-0.15, -0.1) is 22.0 Å². The quantitative estimate of drug-likeness (QED) is 0.562. The van der Waals surface area contributed by atoms with Crippen molar-refractivity contribution in [2.45, 2.75) is 30.9 Å². The molecule has 0 saturated heterocycles. The largest absolute Gasteiger partial charge is 0.454 e. The summed E-state index contributed by atoms with van der Waals surface area (Å²) in [6, 6.07) is 13.2. The molecule has 3 aromatic rings. The molecule has 4 rings (SSSR count). The SMILES string of the molecule is CC(C)CC(=O)Nc1ccc(SCc2nnc(-c3ccc4c(c3)OCO4)o2)cc1. The highest BCUT2D eigenvalue weighted by molar-refractivity contribution is 7.98. The Hall–Kier alpha value is -3.00. The fourth-order valence-electron chi connectivity index (χ4n) is 2.82. The molecule has 8 heteroatoms. The summed E-state index contributed by atoms with van der Waals surface area (Å²) in [7, 11) is 0. The minimum absolute atomic E-state index is 0.0299. The monoisotopic (exact) mass is 411 g/mol. The maximum absolute atomic E-state index is 11.8. The molecule has 7 nitrogen and oxygen atoms in total. The van der Waals surface area contributed by atoms with Gasteiger partial charge in [0.15, 0.2) is 11.5 Å². The molecule has 1 aliphatic rings. The van der Waals surface area contributed by atoms with E-state index in [2.05, 4.69) is 15.5 Å². The summed E-state index contributed by atoms with van der Waals surface area (Å²) in [6.45, 7) is 4.27. The lowest BCUT2D eigenvalue weighted by molar-refractivity contribution is -0.116. The van der Waals surface area contributed by atoms with E-state index in [1.54, 1.807) is 11.8 Å². The van der Waals surface area contributed by atoms with E-state index in [0.29, 0.717) is 41.4 Å². The number of rotatable bonds is 7. The number of hydrogen-bond donors (Lipinski definition) is 1. The van der Waals surface area contributed by atoms with Crippen LogP contribution < -0.4 is 14.8 Å². The number of thioether (sulfide) groups is 1. The second-order valence-corrected chi connectivity index (χ2v) is 8.08. The second-order valence-electron chi connectivity index (χ2n) is 7.03. The number of aromatic nitrogens is 2. The molecule has 0 aliphatic carbocycles. The van der Waals surface area contributed by atoms with Crippen LogP contribution in [-0.4, -0.2) is 22.9 Å². The third-order valence-electron chi connectivity index (χ3n) is 4.18. The summed E-state index contributed by atoms with van der Waals surface area (Å²) in [5.74, 6) is 3.30. The first kappa shape index (κ1) is 19.3. The normalized spacial score (nSPS) is 12.4. The highest BCUT2D eigenvalue weighted by atomic mass is 32.2. The van der Waals surface area contributed by atoms with E-state index in [1.807, 2.05) is 56.3 Å². The molecule has 0 unspecified atom stereocenters. The Kier molecular flexibility index (Phi) is 5.71. The topological polar surface area (TPSA) is 86.5 Å². The Balaban J connectivity index is 1.33. The average molecular weight is 411 g/mol. The summed E-state index contributed by atoms with van der Waals surface area (Å²) in [4.78, 5) is 12.9. The molecule has 1 aliphatic heterocycles. The second kappa shape index (κ2) is 8.57. The van der Waals surface area contributed by atoms with Crippen molar-refractivity contribution in [3.63, 3.8) is 0 Å². The predicted octanol–water partition coefficient (Wildman–Crippen LogP) is 4.74. The van der Waals surface area contributed by atoms with Crippen molar-refractivity contribution in [2.75, 3.05) is 12.1 Å². The van der Waals surface area contributed by atoms with Gasteiger partial charge < -0.3 is 19.2 Å². The molecule has 2 heterocycles. The molecule has 1 N–H and O–H groups in total. The van der Waals surface area contributed by atoms with Gasteiger partial charge in [-0.3, -0.25) is 4.79 Å². The fraction of sp³-hybridized carbons (Fsp3) is 0.286. The van der Waals surface area contributed by atoms with Crippen LogP contribution in [0.3, 0.4) is 0 Å². The molecule has 1 amide bonds. The highest BCUT2D eigenvalue weighted by Crippen LogP contribution is 2.35. The molecule has 150 valence electrons. The van der Waals surface area contributed by atoms with Crippen LogP contribution in [0.1, 0.15) is 26.2 Å². The molecule has 0 spiro atoms. The van der Waals surface area contributed by atoms with E-state index in [-0.39, 0.29) is 12.7 Å². The smallest absolute Gasteiger partial charge is 0.247 e. The number of nitrogens with one attached hydrogen (secondary N) is 1. The molecule has 0 radical (unpaired) electrons. The number of anilines is 1. The van der Waals surface area contributed by atoms with Crippen LogP contribution in [0.2, 0.25) is 0 Å². The van der Waals surface area contributed by atoms with Gasteiger partial charge in [0.2, 0.25) is 24.5 Å². The number of amides is 1. The summed E-state index contributed by atoms with van der Waals surface area (Å²) < 4.78 is 16.5. The third kappa shape index (κ3) is 4.89. The zero-order valence-electron chi connectivity index (χ0n) is 16.2. The molecular formula is C21H21N3O4S. The standard InChI is InChI=1S/C21H21N3O4S/c1-13(2)9-19(25)22-15-4-6-16(7-5-15)29-11-20-23-24-21(28-20)14-3-8-17-18(10-14)27-12-26-17/h3-8,10,13H,9,11-12H2,1-2H3,(H,22,25). The molecule has 0 saturated carbocycles. The number of benzene rings is 2. The van der Waals surface area contributed by atoms with E-state index in [1.165, 1.54) is 0 Å². The lowest BCUT2D eigenvalue weighted by Crippen LogP contribution is -2.13. The van der Waals surface area contributed by atoms with Gasteiger partial charge >= 0.3 is 0 Å². The summed E-state index contributed by atoms with van der Waals surface area (Å²) in [5.41, 5.74) is 1.59. The van der Waals surface area contributed by atoms with Gasteiger partial charge in [-0.2, -0.15) is 0 Å². The summed E-state index contributed by atoms with van der Waals surface area (Å²) in [5, 5.41) is 11.1. The van der Waals surface area contributed by atoms with Crippen molar-refractivity contribution in [1.29, 1.82) is 0 Å². The first-order chi connectivity index (χ1) is 14.1. The van der Waals surface area contributed by atoms with E-state index < -0.39 is 0 Å². The van der Waals surface area contributed by atoms with Crippen molar-refractivity contribution >= 4 is 23.4 Å². The predicted molar refractivity (Wildman–Crippen MR) is 110 cm³/mol. The Labute approximate surface area is 172 Å². The lowest BCUT2D eigenvalue weighted by Gasteiger charge is -2.07. The van der Waals surface area contributed by atoms with E-state index in [0.717, 1.165) is 16.1 Å². The van der Waals surface area contributed by atoms with E-state index >= 15 is 0 Å². The molecule has 29 heavy (non-hydrogen) atoms. The first-order valence-corrected chi connectivity index (χ1v) is 10.3. The summed E-state index contributed by atoms with van der Waals surface area (Å²) in [6.07, 6.45) is 0.513. The Bertz CT molecular complexity index is 1000. The van der Waals surface area contributed by atoms with Crippen LogP contribution in [-0.2, 0) is 10.5 Å². The highest BCUT2D eigenvalue weighted by Gasteiger charge is 2.16. The van der Waals surface area contributed by atoms with E-state index in [4.69, 9.17) is 13.9 Å². The number of ether oxygens (including phenoxy) is 2. The van der Waals surface area contributed by atoms with Gasteiger partial charge in [-0.05, 0) is 48.4 Å². The maximum Gasteiger partial charge on any atom is 0.247 e. The number of carbonyl (C=O) groups excluding carboxylic acids is 1. The van der Waals surface area contributed by atoms with Crippen LogP contribution in [0.4, 0.5) is 5.69 Å². The molecule has 2 aromatic carbocycles. The Morgan fingerprint density at radius 2 is 1.90 bits per heavy atom. The van der Waals surface area contributed by atoms with Crippen LogP contribution >= 0.6 is 11.8 Å². The van der Waals surface area contributed by atoms with Crippen molar-refractivity contribution in [3.8, 4) is 23.0 Å².